The van der Waals surface area contributed by atoms with Crippen molar-refractivity contribution in [1.82, 2.24) is 4.90 Å². The van der Waals surface area contributed by atoms with Crippen LogP contribution in [0.2, 0.25) is 0 Å². The van der Waals surface area contributed by atoms with Crippen molar-refractivity contribution in [1.29, 1.82) is 0 Å². The summed E-state index contributed by atoms with van der Waals surface area (Å²) in [5.41, 5.74) is 1.14. The molecule has 2 N–H and O–H groups in total. The second kappa shape index (κ2) is 7.71. The fourth-order valence-corrected chi connectivity index (χ4v) is 3.45. The highest BCUT2D eigenvalue weighted by molar-refractivity contribution is 7.98. The largest absolute Gasteiger partial charge is 0.478 e. The molecule has 1 aromatic rings. The Labute approximate surface area is 130 Å². The minimum atomic E-state index is -0.858. The molecule has 1 fully saturated rings. The van der Waals surface area contributed by atoms with Gasteiger partial charge >= 0.3 is 5.97 Å². The zero-order valence-electron chi connectivity index (χ0n) is 12.8. The summed E-state index contributed by atoms with van der Waals surface area (Å²) in [6, 6.07) is 5.64. The summed E-state index contributed by atoms with van der Waals surface area (Å²) in [7, 11) is 0. The third-order valence-corrected chi connectivity index (χ3v) is 4.98. The maximum Gasteiger partial charge on any atom is 0.338 e. The van der Waals surface area contributed by atoms with E-state index in [2.05, 4.69) is 17.1 Å². The van der Waals surface area contributed by atoms with E-state index in [1.54, 1.807) is 0 Å². The first-order chi connectivity index (χ1) is 10.2. The molecule has 1 aliphatic heterocycles. The summed E-state index contributed by atoms with van der Waals surface area (Å²) in [5.74, 6) is -0.226. The maximum atomic E-state index is 11.5. The van der Waals surface area contributed by atoms with Crippen molar-refractivity contribution < 1.29 is 9.90 Å². The highest BCUT2D eigenvalue weighted by Gasteiger charge is 2.19. The molecule has 0 atom stereocenters. The number of thioether (sulfide) groups is 1. The predicted molar refractivity (Wildman–Crippen MR) is 88.5 cm³/mol. The number of hydrogen-bond acceptors (Lipinski definition) is 4. The molecule has 0 radical (unpaired) electrons. The number of nitrogens with one attached hydrogen (secondary N) is 1. The Balaban J connectivity index is 1.99. The summed E-state index contributed by atoms with van der Waals surface area (Å²) in [6.07, 6.45) is 4.28. The normalized spacial score (nSPS) is 16.9. The van der Waals surface area contributed by atoms with Crippen LogP contribution in [0.15, 0.2) is 23.1 Å². The minimum Gasteiger partial charge on any atom is -0.478 e. The number of rotatable bonds is 6. The van der Waals surface area contributed by atoms with Crippen molar-refractivity contribution in [2.24, 2.45) is 5.92 Å². The van der Waals surface area contributed by atoms with Gasteiger partial charge in [-0.25, -0.2) is 4.79 Å². The third kappa shape index (κ3) is 4.14. The molecule has 4 nitrogen and oxygen atoms in total. The molecule has 1 heterocycles. The van der Waals surface area contributed by atoms with Gasteiger partial charge in [0.1, 0.15) is 0 Å². The third-order valence-electron chi connectivity index (χ3n) is 4.20. The van der Waals surface area contributed by atoms with E-state index in [1.165, 1.54) is 24.6 Å². The molecule has 0 aromatic heterocycles. The molecule has 0 saturated carbocycles. The lowest BCUT2D eigenvalue weighted by Gasteiger charge is -2.31. The van der Waals surface area contributed by atoms with Gasteiger partial charge < -0.3 is 15.3 Å². The van der Waals surface area contributed by atoms with Gasteiger partial charge in [0.05, 0.1) is 5.56 Å². The van der Waals surface area contributed by atoms with Crippen molar-refractivity contribution >= 4 is 23.4 Å². The van der Waals surface area contributed by atoms with Gasteiger partial charge in [-0.3, -0.25) is 0 Å². The van der Waals surface area contributed by atoms with Crippen molar-refractivity contribution in [2.75, 3.05) is 37.8 Å². The zero-order chi connectivity index (χ0) is 15.2. The van der Waals surface area contributed by atoms with Crippen LogP contribution in [0.3, 0.4) is 0 Å². The highest BCUT2D eigenvalue weighted by Crippen LogP contribution is 2.28. The van der Waals surface area contributed by atoms with Crippen LogP contribution in [0.4, 0.5) is 5.69 Å². The molecule has 0 aliphatic carbocycles. The molecule has 2 rings (SSSR count). The maximum absolute atomic E-state index is 11.5. The summed E-state index contributed by atoms with van der Waals surface area (Å²) in [4.78, 5) is 14.8. The SMILES string of the molecule is CCN1CCC(CNc2cccc(SC)c2C(=O)O)CC1. The second-order valence-electron chi connectivity index (χ2n) is 5.45. The molecule has 1 aliphatic rings. The fourth-order valence-electron chi connectivity index (χ4n) is 2.83. The number of piperidine rings is 1. The minimum absolute atomic E-state index is 0.399. The van der Waals surface area contributed by atoms with Gasteiger partial charge in [0, 0.05) is 17.1 Å². The monoisotopic (exact) mass is 308 g/mol. The highest BCUT2D eigenvalue weighted by atomic mass is 32.2. The van der Waals surface area contributed by atoms with Crippen LogP contribution in [0.25, 0.3) is 0 Å². The molecule has 116 valence electrons. The summed E-state index contributed by atoms with van der Waals surface area (Å²) < 4.78 is 0. The Hall–Kier alpha value is -1.20. The van der Waals surface area contributed by atoms with E-state index in [4.69, 9.17) is 0 Å². The van der Waals surface area contributed by atoms with Crippen molar-refractivity contribution in [3.05, 3.63) is 23.8 Å². The number of carboxylic acids is 1. The molecule has 0 bridgehead atoms. The quantitative estimate of drug-likeness (QED) is 0.790. The first kappa shape index (κ1) is 16.2. The number of nitrogens with zero attached hydrogens (tertiary/aromatic N) is 1. The topological polar surface area (TPSA) is 52.6 Å². The molecular formula is C16H24N2O2S. The number of hydrogen-bond donors (Lipinski definition) is 2. The summed E-state index contributed by atoms with van der Waals surface area (Å²) in [5, 5.41) is 12.8. The van der Waals surface area contributed by atoms with E-state index >= 15 is 0 Å². The zero-order valence-corrected chi connectivity index (χ0v) is 13.6. The van der Waals surface area contributed by atoms with Crippen molar-refractivity contribution in [3.63, 3.8) is 0 Å². The van der Waals surface area contributed by atoms with Crippen LogP contribution >= 0.6 is 11.8 Å². The number of carbonyl (C=O) groups is 1. The molecule has 1 aromatic carbocycles. The van der Waals surface area contributed by atoms with Crippen LogP contribution in [-0.4, -0.2) is 48.4 Å². The molecule has 0 unspecified atom stereocenters. The van der Waals surface area contributed by atoms with E-state index in [1.807, 2.05) is 24.5 Å². The number of aromatic carboxylic acids is 1. The average Bonchev–Trinajstić information content (AvgIpc) is 2.52. The fraction of sp³-hybridized carbons (Fsp3) is 0.562. The first-order valence-corrected chi connectivity index (χ1v) is 8.74. The van der Waals surface area contributed by atoms with Crippen molar-refractivity contribution in [3.8, 4) is 0 Å². The molecule has 21 heavy (non-hydrogen) atoms. The Morgan fingerprint density at radius 3 is 2.71 bits per heavy atom. The summed E-state index contributed by atoms with van der Waals surface area (Å²) >= 11 is 1.48. The average molecular weight is 308 g/mol. The van der Waals surface area contributed by atoms with Gasteiger partial charge in [-0.05, 0) is 56.8 Å². The van der Waals surface area contributed by atoms with Crippen LogP contribution in [0.5, 0.6) is 0 Å². The Morgan fingerprint density at radius 2 is 2.14 bits per heavy atom. The molecular weight excluding hydrogens is 284 g/mol. The first-order valence-electron chi connectivity index (χ1n) is 7.52. The van der Waals surface area contributed by atoms with E-state index < -0.39 is 5.97 Å². The molecule has 1 saturated heterocycles. The van der Waals surface area contributed by atoms with E-state index in [-0.39, 0.29) is 0 Å². The number of likely N-dealkylation sites (tertiary alicyclic amines) is 1. The molecule has 0 spiro atoms. The lowest BCUT2D eigenvalue weighted by molar-refractivity contribution is 0.0694. The van der Waals surface area contributed by atoms with Crippen LogP contribution in [0, 0.1) is 5.92 Å². The van der Waals surface area contributed by atoms with E-state index in [9.17, 15) is 9.90 Å². The van der Waals surface area contributed by atoms with Gasteiger partial charge in [0.25, 0.3) is 0 Å². The van der Waals surface area contributed by atoms with Crippen LogP contribution in [0.1, 0.15) is 30.1 Å². The molecule has 0 amide bonds. The number of benzene rings is 1. The lowest BCUT2D eigenvalue weighted by Crippen LogP contribution is -2.35. The van der Waals surface area contributed by atoms with Gasteiger partial charge in [0.15, 0.2) is 0 Å². The standard InChI is InChI=1S/C16H24N2O2S/c1-3-18-9-7-12(8-10-18)11-17-13-5-4-6-14(21-2)15(13)16(19)20/h4-6,12,17H,3,7-11H2,1-2H3,(H,19,20). The van der Waals surface area contributed by atoms with Gasteiger partial charge in [-0.2, -0.15) is 0 Å². The van der Waals surface area contributed by atoms with E-state index in [0.29, 0.717) is 11.5 Å². The Bertz CT molecular complexity index is 485. The second-order valence-corrected chi connectivity index (χ2v) is 6.29. The Morgan fingerprint density at radius 1 is 1.43 bits per heavy atom. The Kier molecular flexibility index (Phi) is 5.94. The number of carboxylic acid groups (broad SMARTS) is 1. The van der Waals surface area contributed by atoms with Gasteiger partial charge in [-0.1, -0.05) is 13.0 Å². The van der Waals surface area contributed by atoms with Crippen LogP contribution in [-0.2, 0) is 0 Å². The predicted octanol–water partition coefficient (Wildman–Crippen LogP) is 3.25. The van der Waals surface area contributed by atoms with Crippen LogP contribution < -0.4 is 5.32 Å². The van der Waals surface area contributed by atoms with Gasteiger partial charge in [-0.15, -0.1) is 11.8 Å². The molecule has 5 heteroatoms. The van der Waals surface area contributed by atoms with Gasteiger partial charge in [0.2, 0.25) is 0 Å². The number of anilines is 1. The smallest absolute Gasteiger partial charge is 0.338 e. The summed E-state index contributed by atoms with van der Waals surface area (Å²) in [6.45, 7) is 6.49. The van der Waals surface area contributed by atoms with E-state index in [0.717, 1.165) is 36.8 Å². The lowest BCUT2D eigenvalue weighted by atomic mass is 9.96. The van der Waals surface area contributed by atoms with Crippen molar-refractivity contribution in [2.45, 2.75) is 24.7 Å².